The lowest BCUT2D eigenvalue weighted by Gasteiger charge is -2.08. The van der Waals surface area contributed by atoms with Gasteiger partial charge in [0.25, 0.3) is 0 Å². The van der Waals surface area contributed by atoms with Gasteiger partial charge in [-0.15, -0.1) is 0 Å². The number of carbonyl (C=O) groups is 1. The third-order valence-corrected chi connectivity index (χ3v) is 3.15. The number of allylic oxidation sites excluding steroid dienone is 1. The molecule has 2 rings (SSSR count). The Hall–Kier alpha value is -3.20. The first kappa shape index (κ1) is 17.2. The van der Waals surface area contributed by atoms with E-state index in [1.54, 1.807) is 24.3 Å². The highest BCUT2D eigenvalue weighted by Gasteiger charge is 2.14. The minimum atomic E-state index is -3.00. The Morgan fingerprint density at radius 2 is 1.83 bits per heavy atom. The predicted octanol–water partition coefficient (Wildman–Crippen LogP) is 4.09. The Morgan fingerprint density at radius 3 is 2.42 bits per heavy atom. The molecule has 6 heteroatoms. The molecule has 0 saturated carbocycles. The smallest absolute Gasteiger partial charge is 0.387 e. The fraction of sp³-hybridized carbons (Fsp3) is 0.111. The lowest BCUT2D eigenvalue weighted by molar-refractivity contribution is -0.0499. The van der Waals surface area contributed by atoms with E-state index in [0.717, 1.165) is 0 Å². The maximum atomic E-state index is 12.4. The van der Waals surface area contributed by atoms with E-state index in [0.29, 0.717) is 5.75 Å². The monoisotopic (exact) mass is 329 g/mol. The van der Waals surface area contributed by atoms with Crippen molar-refractivity contribution < 1.29 is 23.0 Å². The van der Waals surface area contributed by atoms with Crippen LogP contribution in [0.2, 0.25) is 0 Å². The molecule has 0 saturated heterocycles. The summed E-state index contributed by atoms with van der Waals surface area (Å²) < 4.78 is 34.3. The Labute approximate surface area is 137 Å². The summed E-state index contributed by atoms with van der Waals surface area (Å²) in [7, 11) is 1.50. The minimum Gasteiger partial charge on any atom is -0.497 e. The van der Waals surface area contributed by atoms with Gasteiger partial charge < -0.3 is 9.47 Å². The van der Waals surface area contributed by atoms with Crippen LogP contribution in [0.1, 0.15) is 15.9 Å². The van der Waals surface area contributed by atoms with Crippen molar-refractivity contribution in [2.24, 2.45) is 0 Å². The molecule has 0 radical (unpaired) electrons. The number of Topliss-reactive ketones (excluding diaryl/α,β-unsaturated/α-hetero) is 1. The van der Waals surface area contributed by atoms with Crippen LogP contribution in [0.3, 0.4) is 0 Å². The van der Waals surface area contributed by atoms with Crippen molar-refractivity contribution in [3.05, 3.63) is 65.2 Å². The largest absolute Gasteiger partial charge is 0.497 e. The number of halogens is 2. The lowest BCUT2D eigenvalue weighted by atomic mass is 10.0. The summed E-state index contributed by atoms with van der Waals surface area (Å²) >= 11 is 0. The summed E-state index contributed by atoms with van der Waals surface area (Å²) in [4.78, 5) is 12.4. The van der Waals surface area contributed by atoms with Gasteiger partial charge in [-0.2, -0.15) is 14.0 Å². The molecule has 0 amide bonds. The van der Waals surface area contributed by atoms with E-state index in [4.69, 9.17) is 4.74 Å². The van der Waals surface area contributed by atoms with Gasteiger partial charge in [-0.05, 0) is 36.4 Å². The lowest BCUT2D eigenvalue weighted by Crippen LogP contribution is -2.04. The van der Waals surface area contributed by atoms with E-state index in [9.17, 15) is 18.8 Å². The molecule has 2 aromatic carbocycles. The Kier molecular flexibility index (Phi) is 5.63. The van der Waals surface area contributed by atoms with Crippen LogP contribution in [-0.4, -0.2) is 19.5 Å². The second kappa shape index (κ2) is 7.88. The maximum absolute atomic E-state index is 12.4. The Morgan fingerprint density at radius 1 is 1.17 bits per heavy atom. The molecule has 0 atom stereocenters. The third kappa shape index (κ3) is 4.17. The zero-order valence-corrected chi connectivity index (χ0v) is 12.7. The van der Waals surface area contributed by atoms with Crippen molar-refractivity contribution in [2.45, 2.75) is 6.61 Å². The van der Waals surface area contributed by atoms with Gasteiger partial charge in [-0.25, -0.2) is 0 Å². The van der Waals surface area contributed by atoms with Gasteiger partial charge >= 0.3 is 6.61 Å². The van der Waals surface area contributed by atoms with Crippen molar-refractivity contribution in [2.75, 3.05) is 7.11 Å². The maximum Gasteiger partial charge on any atom is 0.387 e. The first-order valence-electron chi connectivity index (χ1n) is 6.89. The van der Waals surface area contributed by atoms with Crippen LogP contribution in [0, 0.1) is 11.3 Å². The topological polar surface area (TPSA) is 59.3 Å². The number of para-hydroxylation sites is 1. The van der Waals surface area contributed by atoms with Crippen molar-refractivity contribution in [1.29, 1.82) is 5.26 Å². The quantitative estimate of drug-likeness (QED) is 0.455. The number of alkyl halides is 2. The number of ether oxygens (including phenoxy) is 2. The SMILES string of the molecule is COc1ccc(C(=O)C(C#N)=Cc2ccccc2OC(F)F)cc1. The molecule has 122 valence electrons. The van der Waals surface area contributed by atoms with Crippen LogP contribution >= 0.6 is 0 Å². The molecule has 0 aliphatic heterocycles. The van der Waals surface area contributed by atoms with Crippen molar-refractivity contribution in [3.63, 3.8) is 0 Å². The molecule has 0 aliphatic rings. The van der Waals surface area contributed by atoms with E-state index >= 15 is 0 Å². The molecule has 0 aromatic heterocycles. The zero-order valence-electron chi connectivity index (χ0n) is 12.7. The van der Waals surface area contributed by atoms with Crippen LogP contribution in [0.25, 0.3) is 6.08 Å². The first-order valence-corrected chi connectivity index (χ1v) is 6.89. The zero-order chi connectivity index (χ0) is 17.5. The highest BCUT2D eigenvalue weighted by atomic mass is 19.3. The summed E-state index contributed by atoms with van der Waals surface area (Å²) in [6.45, 7) is -3.00. The van der Waals surface area contributed by atoms with Crippen LogP contribution in [0.4, 0.5) is 8.78 Å². The van der Waals surface area contributed by atoms with E-state index in [1.807, 2.05) is 0 Å². The van der Waals surface area contributed by atoms with Gasteiger partial charge in [0.05, 0.1) is 7.11 Å². The van der Waals surface area contributed by atoms with E-state index in [1.165, 1.54) is 43.5 Å². The molecule has 0 bridgehead atoms. The average molecular weight is 329 g/mol. The number of rotatable bonds is 6. The van der Waals surface area contributed by atoms with Crippen molar-refractivity contribution in [1.82, 2.24) is 0 Å². The number of nitriles is 1. The number of nitrogens with zero attached hydrogens (tertiary/aromatic N) is 1. The molecule has 0 spiro atoms. The average Bonchev–Trinajstić information content (AvgIpc) is 2.60. The standard InChI is InChI=1S/C18H13F2NO3/c1-23-15-8-6-12(7-9-15)17(22)14(11-21)10-13-4-2-3-5-16(13)24-18(19)20/h2-10,18H,1H3. The summed E-state index contributed by atoms with van der Waals surface area (Å²) in [5.41, 5.74) is 0.317. The summed E-state index contributed by atoms with van der Waals surface area (Å²) in [5.74, 6) is -0.0560. The van der Waals surface area contributed by atoms with Gasteiger partial charge in [0.15, 0.2) is 0 Å². The van der Waals surface area contributed by atoms with Crippen LogP contribution < -0.4 is 9.47 Å². The van der Waals surface area contributed by atoms with E-state index in [-0.39, 0.29) is 22.4 Å². The van der Waals surface area contributed by atoms with Crippen molar-refractivity contribution >= 4 is 11.9 Å². The molecular formula is C18H13F2NO3. The van der Waals surface area contributed by atoms with E-state index < -0.39 is 12.4 Å². The van der Waals surface area contributed by atoms with Crippen LogP contribution in [-0.2, 0) is 0 Å². The predicted molar refractivity (Wildman–Crippen MR) is 84.0 cm³/mol. The summed E-state index contributed by atoms with van der Waals surface area (Å²) in [6.07, 6.45) is 1.23. The molecule has 0 heterocycles. The highest BCUT2D eigenvalue weighted by Crippen LogP contribution is 2.24. The molecular weight excluding hydrogens is 316 g/mol. The number of carbonyl (C=O) groups excluding carboxylic acids is 1. The number of hydrogen-bond donors (Lipinski definition) is 0. The van der Waals surface area contributed by atoms with Crippen LogP contribution in [0.15, 0.2) is 54.1 Å². The normalized spacial score (nSPS) is 11.0. The van der Waals surface area contributed by atoms with Crippen LogP contribution in [0.5, 0.6) is 11.5 Å². The molecule has 24 heavy (non-hydrogen) atoms. The Balaban J connectivity index is 2.35. The summed E-state index contributed by atoms with van der Waals surface area (Å²) in [6, 6.07) is 14.0. The molecule has 0 N–H and O–H groups in total. The number of methoxy groups -OCH3 is 1. The first-order chi connectivity index (χ1) is 11.5. The fourth-order valence-electron chi connectivity index (χ4n) is 2.01. The number of hydrogen-bond acceptors (Lipinski definition) is 4. The fourth-order valence-corrected chi connectivity index (χ4v) is 2.01. The molecule has 0 fully saturated rings. The van der Waals surface area contributed by atoms with Crippen molar-refractivity contribution in [3.8, 4) is 17.6 Å². The molecule has 4 nitrogen and oxygen atoms in total. The minimum absolute atomic E-state index is 0.109. The van der Waals surface area contributed by atoms with Gasteiger partial charge in [-0.1, -0.05) is 18.2 Å². The van der Waals surface area contributed by atoms with E-state index in [2.05, 4.69) is 4.74 Å². The molecule has 0 unspecified atom stereocenters. The second-order valence-corrected chi connectivity index (χ2v) is 4.64. The highest BCUT2D eigenvalue weighted by molar-refractivity contribution is 6.14. The molecule has 2 aromatic rings. The van der Waals surface area contributed by atoms with Gasteiger partial charge in [0.2, 0.25) is 5.78 Å². The van der Waals surface area contributed by atoms with Gasteiger partial charge in [0.1, 0.15) is 23.1 Å². The second-order valence-electron chi connectivity index (χ2n) is 4.64. The number of benzene rings is 2. The van der Waals surface area contributed by atoms with Gasteiger partial charge in [0, 0.05) is 11.1 Å². The number of ketones is 1. The van der Waals surface area contributed by atoms with Gasteiger partial charge in [-0.3, -0.25) is 4.79 Å². The summed E-state index contributed by atoms with van der Waals surface area (Å²) in [5, 5.41) is 9.24. The Bertz CT molecular complexity index is 793. The molecule has 0 aliphatic carbocycles. The third-order valence-electron chi connectivity index (χ3n) is 3.15.